The summed E-state index contributed by atoms with van der Waals surface area (Å²) in [6, 6.07) is 8.58. The summed E-state index contributed by atoms with van der Waals surface area (Å²) in [5.41, 5.74) is 2.19. The lowest BCUT2D eigenvalue weighted by atomic mass is 10.1. The summed E-state index contributed by atoms with van der Waals surface area (Å²) in [6.45, 7) is 3.74. The van der Waals surface area contributed by atoms with E-state index in [-0.39, 0.29) is 6.61 Å². The van der Waals surface area contributed by atoms with Gasteiger partial charge in [-0.3, -0.25) is 4.90 Å². The number of hydrogen-bond donors (Lipinski definition) is 1. The molecule has 0 amide bonds. The summed E-state index contributed by atoms with van der Waals surface area (Å²) in [7, 11) is 2.13. The van der Waals surface area contributed by atoms with E-state index in [1.165, 1.54) is 5.56 Å². The zero-order valence-corrected chi connectivity index (χ0v) is 11.6. The van der Waals surface area contributed by atoms with Crippen LogP contribution in [-0.4, -0.2) is 42.4 Å². The first-order valence-corrected chi connectivity index (χ1v) is 6.72. The van der Waals surface area contributed by atoms with Gasteiger partial charge in [-0.1, -0.05) is 30.0 Å². The Morgan fingerprint density at radius 2 is 2.21 bits per heavy atom. The lowest BCUT2D eigenvalue weighted by Gasteiger charge is -2.27. The van der Waals surface area contributed by atoms with Crippen LogP contribution >= 0.6 is 0 Å². The number of rotatable bonds is 3. The predicted octanol–water partition coefficient (Wildman–Crippen LogP) is 1.64. The Bertz CT molecular complexity index is 475. The van der Waals surface area contributed by atoms with Crippen molar-refractivity contribution in [3.05, 3.63) is 35.4 Å². The highest BCUT2D eigenvalue weighted by Crippen LogP contribution is 2.21. The molecule has 2 atom stereocenters. The highest BCUT2D eigenvalue weighted by molar-refractivity contribution is 5.41. The largest absolute Gasteiger partial charge is 0.384 e. The molecule has 0 saturated carbocycles. The van der Waals surface area contributed by atoms with Crippen LogP contribution in [0.4, 0.5) is 0 Å². The van der Waals surface area contributed by atoms with E-state index >= 15 is 0 Å². The fourth-order valence-corrected chi connectivity index (χ4v) is 2.60. The lowest BCUT2D eigenvalue weighted by Crippen LogP contribution is -2.36. The third kappa shape index (κ3) is 3.57. The van der Waals surface area contributed by atoms with Crippen molar-refractivity contribution < 1.29 is 9.84 Å². The molecule has 1 heterocycles. The van der Waals surface area contributed by atoms with E-state index in [2.05, 4.69) is 36.8 Å². The van der Waals surface area contributed by atoms with Gasteiger partial charge in [-0.25, -0.2) is 0 Å². The molecule has 1 aromatic carbocycles. The average molecular weight is 259 g/mol. The number of nitrogens with zero attached hydrogens (tertiary/aromatic N) is 1. The molecule has 2 unspecified atom stereocenters. The Balaban J connectivity index is 2.10. The minimum absolute atomic E-state index is 0.0995. The molecule has 1 aliphatic rings. The number of benzene rings is 1. The van der Waals surface area contributed by atoms with E-state index in [1.807, 2.05) is 18.2 Å². The van der Waals surface area contributed by atoms with Crippen LogP contribution in [0.1, 0.15) is 24.5 Å². The molecule has 102 valence electrons. The molecule has 3 nitrogen and oxygen atoms in total. The summed E-state index contributed by atoms with van der Waals surface area (Å²) in [6.07, 6.45) is 1.38. The maximum atomic E-state index is 8.81. The maximum absolute atomic E-state index is 8.81. The smallest absolute Gasteiger partial charge is 0.104 e. The van der Waals surface area contributed by atoms with Crippen LogP contribution < -0.4 is 0 Å². The molecular formula is C16H21NO2. The van der Waals surface area contributed by atoms with E-state index in [0.717, 1.165) is 25.1 Å². The Morgan fingerprint density at radius 3 is 2.89 bits per heavy atom. The summed E-state index contributed by atoms with van der Waals surface area (Å²) >= 11 is 0. The van der Waals surface area contributed by atoms with Gasteiger partial charge >= 0.3 is 0 Å². The van der Waals surface area contributed by atoms with Crippen molar-refractivity contribution in [2.75, 3.05) is 20.3 Å². The normalized spacial score (nSPS) is 22.3. The Hall–Kier alpha value is -1.34. The van der Waals surface area contributed by atoms with Gasteiger partial charge in [0.2, 0.25) is 0 Å². The molecule has 0 bridgehead atoms. The fourth-order valence-electron chi connectivity index (χ4n) is 2.60. The van der Waals surface area contributed by atoms with E-state index in [0.29, 0.717) is 12.1 Å². The Kier molecular flexibility index (Phi) is 4.98. The van der Waals surface area contributed by atoms with Crippen molar-refractivity contribution in [2.45, 2.75) is 32.0 Å². The molecule has 1 N–H and O–H groups in total. The second kappa shape index (κ2) is 6.72. The molecular weight excluding hydrogens is 238 g/mol. The second-order valence-corrected chi connectivity index (χ2v) is 4.96. The number of aliphatic hydroxyl groups excluding tert-OH is 1. The lowest BCUT2D eigenvalue weighted by molar-refractivity contribution is 0.0814. The molecule has 1 aromatic rings. The van der Waals surface area contributed by atoms with Crippen LogP contribution in [0.15, 0.2) is 24.3 Å². The summed E-state index contributed by atoms with van der Waals surface area (Å²) in [4.78, 5) is 2.33. The van der Waals surface area contributed by atoms with Gasteiger partial charge in [0.25, 0.3) is 0 Å². The standard InChI is InChI=1S/C16H21NO2/c1-13-16(9-11-19-13)17(2)12-15-7-4-3-6-14(15)8-5-10-18/h3-4,6-7,13,16,18H,9-12H2,1-2H3. The topological polar surface area (TPSA) is 32.7 Å². The van der Waals surface area contributed by atoms with Gasteiger partial charge in [0.05, 0.1) is 6.10 Å². The second-order valence-electron chi connectivity index (χ2n) is 4.96. The molecule has 19 heavy (non-hydrogen) atoms. The first-order valence-electron chi connectivity index (χ1n) is 6.72. The first-order chi connectivity index (χ1) is 9.22. The molecule has 0 spiro atoms. The van der Waals surface area contributed by atoms with Crippen LogP contribution in [0, 0.1) is 11.8 Å². The molecule has 3 heteroatoms. The molecule has 0 aliphatic carbocycles. The predicted molar refractivity (Wildman–Crippen MR) is 75.7 cm³/mol. The van der Waals surface area contributed by atoms with Gasteiger partial charge in [-0.2, -0.15) is 0 Å². The molecule has 0 radical (unpaired) electrons. The zero-order valence-electron chi connectivity index (χ0n) is 11.6. The molecule has 1 aliphatic heterocycles. The van der Waals surface area contributed by atoms with Gasteiger partial charge in [0.15, 0.2) is 0 Å². The van der Waals surface area contributed by atoms with E-state index in [1.54, 1.807) is 0 Å². The molecule has 1 saturated heterocycles. The number of likely N-dealkylation sites (N-methyl/N-ethyl adjacent to an activating group) is 1. The average Bonchev–Trinajstić information content (AvgIpc) is 2.84. The summed E-state index contributed by atoms with van der Waals surface area (Å²) in [5, 5.41) is 8.81. The number of hydrogen-bond acceptors (Lipinski definition) is 3. The van der Waals surface area contributed by atoms with Crippen molar-refractivity contribution in [1.29, 1.82) is 0 Å². The van der Waals surface area contributed by atoms with Crippen LogP contribution in [0.2, 0.25) is 0 Å². The van der Waals surface area contributed by atoms with Crippen LogP contribution in [-0.2, 0) is 11.3 Å². The number of aliphatic hydroxyl groups is 1. The molecule has 2 rings (SSSR count). The third-order valence-corrected chi connectivity index (χ3v) is 3.64. The SMILES string of the molecule is CC1OCCC1N(C)Cc1ccccc1C#CCO. The minimum atomic E-state index is -0.0995. The number of ether oxygens (including phenoxy) is 1. The van der Waals surface area contributed by atoms with Gasteiger partial charge in [-0.15, -0.1) is 0 Å². The van der Waals surface area contributed by atoms with E-state index < -0.39 is 0 Å². The Labute approximate surface area is 115 Å². The summed E-state index contributed by atoms with van der Waals surface area (Å²) < 4.78 is 5.62. The fraction of sp³-hybridized carbons (Fsp3) is 0.500. The monoisotopic (exact) mass is 259 g/mol. The van der Waals surface area contributed by atoms with Gasteiger partial charge < -0.3 is 9.84 Å². The van der Waals surface area contributed by atoms with E-state index in [4.69, 9.17) is 9.84 Å². The maximum Gasteiger partial charge on any atom is 0.104 e. The van der Waals surface area contributed by atoms with Gasteiger partial charge in [-0.05, 0) is 32.0 Å². The van der Waals surface area contributed by atoms with Crippen LogP contribution in [0.3, 0.4) is 0 Å². The zero-order chi connectivity index (χ0) is 13.7. The minimum Gasteiger partial charge on any atom is -0.384 e. The first kappa shape index (κ1) is 14.1. The van der Waals surface area contributed by atoms with Crippen molar-refractivity contribution in [3.8, 4) is 11.8 Å². The third-order valence-electron chi connectivity index (χ3n) is 3.64. The van der Waals surface area contributed by atoms with Crippen LogP contribution in [0.25, 0.3) is 0 Å². The van der Waals surface area contributed by atoms with Crippen molar-refractivity contribution >= 4 is 0 Å². The van der Waals surface area contributed by atoms with Gasteiger partial charge in [0.1, 0.15) is 6.61 Å². The highest BCUT2D eigenvalue weighted by atomic mass is 16.5. The summed E-state index contributed by atoms with van der Waals surface area (Å²) in [5.74, 6) is 5.73. The molecule has 1 fully saturated rings. The van der Waals surface area contributed by atoms with Crippen molar-refractivity contribution in [2.24, 2.45) is 0 Å². The molecule has 0 aromatic heterocycles. The van der Waals surface area contributed by atoms with Crippen LogP contribution in [0.5, 0.6) is 0 Å². The van der Waals surface area contributed by atoms with Crippen molar-refractivity contribution in [3.63, 3.8) is 0 Å². The van der Waals surface area contributed by atoms with E-state index in [9.17, 15) is 0 Å². The quantitative estimate of drug-likeness (QED) is 0.838. The Morgan fingerprint density at radius 1 is 1.42 bits per heavy atom. The van der Waals surface area contributed by atoms with Crippen molar-refractivity contribution in [1.82, 2.24) is 4.90 Å². The highest BCUT2D eigenvalue weighted by Gasteiger charge is 2.27. The van der Waals surface area contributed by atoms with Gasteiger partial charge in [0, 0.05) is 24.8 Å².